The number of hydrogen-bond acceptors (Lipinski definition) is 2. The first kappa shape index (κ1) is 8.17. The normalized spacial score (nSPS) is 10.5. The molecule has 0 spiro atoms. The number of nitrogens with one attached hydrogen (secondary N) is 1. The van der Waals surface area contributed by atoms with Crippen molar-refractivity contribution in [2.75, 3.05) is 13.2 Å². The molecule has 3 N–H and O–H groups in total. The van der Waals surface area contributed by atoms with Gasteiger partial charge in [-0.1, -0.05) is 6.07 Å². The fourth-order valence-corrected chi connectivity index (χ4v) is 0.916. The van der Waals surface area contributed by atoms with E-state index in [1.807, 2.05) is 18.2 Å². The Bertz CT molecular complexity index is 197. The lowest BCUT2D eigenvalue weighted by Crippen LogP contribution is -2.19. The molecular weight excluding hydrogens is 142 g/mol. The van der Waals surface area contributed by atoms with E-state index in [0.29, 0.717) is 0 Å². The van der Waals surface area contributed by atoms with E-state index >= 15 is 0 Å². The minimum absolute atomic E-state index is 0.0307. The van der Waals surface area contributed by atoms with Crippen molar-refractivity contribution in [2.24, 2.45) is 0 Å². The van der Waals surface area contributed by atoms with E-state index in [9.17, 15) is 0 Å². The Hall–Kier alpha value is -0.930. The van der Waals surface area contributed by atoms with E-state index in [0.717, 1.165) is 5.69 Å². The predicted octanol–water partition coefficient (Wildman–Crippen LogP) is -0.431. The third-order valence-electron chi connectivity index (χ3n) is 1.61. The number of hydrogen-bond donors (Lipinski definition) is 2. The number of aromatic amines is 1. The summed E-state index contributed by atoms with van der Waals surface area (Å²) in [7, 11) is 0. The van der Waals surface area contributed by atoms with Crippen molar-refractivity contribution in [3.63, 3.8) is 0 Å². The van der Waals surface area contributed by atoms with Crippen LogP contribution in [0.15, 0.2) is 24.4 Å². The number of aliphatic hydroxyl groups excluding tert-OH is 2. The number of aliphatic hydroxyl groups is 2. The van der Waals surface area contributed by atoms with Crippen molar-refractivity contribution in [3.05, 3.63) is 30.1 Å². The Morgan fingerprint density at radius 3 is 2.45 bits per heavy atom. The molecule has 0 atom stereocenters. The standard InChI is InChI=1S/C8H11NO2/c10-5-7(6-11)8-3-1-2-4-9-8/h1-4,7,10-11H,5-6H2/p+1. The van der Waals surface area contributed by atoms with Gasteiger partial charge in [0.1, 0.15) is 0 Å². The van der Waals surface area contributed by atoms with E-state index in [1.165, 1.54) is 0 Å². The number of aromatic nitrogens is 1. The molecule has 1 heterocycles. The maximum atomic E-state index is 8.80. The van der Waals surface area contributed by atoms with Gasteiger partial charge in [-0.15, -0.1) is 0 Å². The molecule has 60 valence electrons. The van der Waals surface area contributed by atoms with Crippen LogP contribution in [-0.2, 0) is 0 Å². The molecule has 0 radical (unpaired) electrons. The third-order valence-corrected chi connectivity index (χ3v) is 1.61. The zero-order valence-corrected chi connectivity index (χ0v) is 6.20. The minimum atomic E-state index is -0.184. The molecule has 0 aliphatic heterocycles. The Morgan fingerprint density at radius 1 is 1.27 bits per heavy atom. The molecular formula is C8H12NO2+. The molecule has 0 amide bonds. The SMILES string of the molecule is OCC(CO)c1cccc[nH+]1. The van der Waals surface area contributed by atoms with Gasteiger partial charge in [-0.25, -0.2) is 4.98 Å². The van der Waals surface area contributed by atoms with Crippen LogP contribution in [0.2, 0.25) is 0 Å². The van der Waals surface area contributed by atoms with Gasteiger partial charge < -0.3 is 10.2 Å². The van der Waals surface area contributed by atoms with Crippen molar-refractivity contribution in [1.29, 1.82) is 0 Å². The Morgan fingerprint density at radius 2 is 2.00 bits per heavy atom. The lowest BCUT2D eigenvalue weighted by molar-refractivity contribution is -0.394. The first-order valence-electron chi connectivity index (χ1n) is 3.56. The van der Waals surface area contributed by atoms with Crippen molar-refractivity contribution in [2.45, 2.75) is 5.92 Å². The third kappa shape index (κ3) is 2.00. The van der Waals surface area contributed by atoms with Gasteiger partial charge in [-0.3, -0.25) is 0 Å². The first-order valence-corrected chi connectivity index (χ1v) is 3.56. The van der Waals surface area contributed by atoms with Crippen molar-refractivity contribution < 1.29 is 15.2 Å². The molecule has 1 aromatic heterocycles. The molecule has 1 aromatic rings. The maximum absolute atomic E-state index is 8.80. The highest BCUT2D eigenvalue weighted by Crippen LogP contribution is 2.06. The zero-order valence-electron chi connectivity index (χ0n) is 6.20. The molecule has 0 unspecified atom stereocenters. The number of H-pyrrole nitrogens is 1. The fraction of sp³-hybridized carbons (Fsp3) is 0.375. The van der Waals surface area contributed by atoms with E-state index in [-0.39, 0.29) is 19.1 Å². The first-order chi connectivity index (χ1) is 5.38. The smallest absolute Gasteiger partial charge is 0.187 e. The molecule has 0 saturated carbocycles. The van der Waals surface area contributed by atoms with Crippen molar-refractivity contribution >= 4 is 0 Å². The highest BCUT2D eigenvalue weighted by molar-refractivity contribution is 5.02. The highest BCUT2D eigenvalue weighted by Gasteiger charge is 2.13. The average molecular weight is 154 g/mol. The van der Waals surface area contributed by atoms with Gasteiger partial charge in [0.15, 0.2) is 11.9 Å². The number of pyridine rings is 1. The van der Waals surface area contributed by atoms with Crippen LogP contribution < -0.4 is 4.98 Å². The minimum Gasteiger partial charge on any atom is -0.395 e. The fourth-order valence-electron chi connectivity index (χ4n) is 0.916. The second-order valence-corrected chi connectivity index (χ2v) is 2.38. The quantitative estimate of drug-likeness (QED) is 0.620. The second kappa shape index (κ2) is 4.05. The van der Waals surface area contributed by atoms with Gasteiger partial charge >= 0.3 is 0 Å². The Labute approximate surface area is 65.3 Å². The van der Waals surface area contributed by atoms with Gasteiger partial charge in [-0.05, 0) is 0 Å². The summed E-state index contributed by atoms with van der Waals surface area (Å²) in [5, 5.41) is 17.6. The van der Waals surface area contributed by atoms with Gasteiger partial charge in [0.25, 0.3) is 0 Å². The average Bonchev–Trinajstić information content (AvgIpc) is 2.09. The summed E-state index contributed by atoms with van der Waals surface area (Å²) < 4.78 is 0. The van der Waals surface area contributed by atoms with E-state index in [2.05, 4.69) is 4.98 Å². The predicted molar refractivity (Wildman–Crippen MR) is 39.9 cm³/mol. The Kier molecular flexibility index (Phi) is 3.01. The zero-order chi connectivity index (χ0) is 8.10. The van der Waals surface area contributed by atoms with Gasteiger partial charge in [-0.2, -0.15) is 0 Å². The van der Waals surface area contributed by atoms with Crippen LogP contribution in [-0.4, -0.2) is 23.4 Å². The molecule has 1 rings (SSSR count). The molecule has 11 heavy (non-hydrogen) atoms. The molecule has 0 aromatic carbocycles. The lowest BCUT2D eigenvalue weighted by Gasteiger charge is -2.03. The Balaban J connectivity index is 2.74. The monoisotopic (exact) mass is 154 g/mol. The molecule has 0 fully saturated rings. The molecule has 3 nitrogen and oxygen atoms in total. The van der Waals surface area contributed by atoms with Gasteiger partial charge in [0.2, 0.25) is 0 Å². The second-order valence-electron chi connectivity index (χ2n) is 2.38. The molecule has 0 saturated heterocycles. The van der Waals surface area contributed by atoms with Gasteiger partial charge in [0, 0.05) is 12.1 Å². The summed E-state index contributed by atoms with van der Waals surface area (Å²) in [5.41, 5.74) is 0.859. The van der Waals surface area contributed by atoms with E-state index < -0.39 is 0 Å². The van der Waals surface area contributed by atoms with Crippen molar-refractivity contribution in [1.82, 2.24) is 0 Å². The maximum Gasteiger partial charge on any atom is 0.187 e. The summed E-state index contributed by atoms with van der Waals surface area (Å²) in [6.07, 6.45) is 1.77. The largest absolute Gasteiger partial charge is 0.395 e. The molecule has 0 aliphatic carbocycles. The molecule has 0 bridgehead atoms. The van der Waals surface area contributed by atoms with Crippen LogP contribution in [0.25, 0.3) is 0 Å². The van der Waals surface area contributed by atoms with Gasteiger partial charge in [0.05, 0.1) is 19.1 Å². The summed E-state index contributed by atoms with van der Waals surface area (Å²) >= 11 is 0. The summed E-state index contributed by atoms with van der Waals surface area (Å²) in [4.78, 5) is 2.95. The van der Waals surface area contributed by atoms with E-state index in [4.69, 9.17) is 10.2 Å². The number of rotatable bonds is 3. The highest BCUT2D eigenvalue weighted by atomic mass is 16.3. The summed E-state index contributed by atoms with van der Waals surface area (Å²) in [6.45, 7) is -0.0615. The lowest BCUT2D eigenvalue weighted by atomic mass is 10.1. The van der Waals surface area contributed by atoms with Crippen LogP contribution >= 0.6 is 0 Å². The summed E-state index contributed by atoms with van der Waals surface area (Å²) in [5.74, 6) is -0.184. The molecule has 0 aliphatic rings. The van der Waals surface area contributed by atoms with E-state index in [1.54, 1.807) is 6.20 Å². The topological polar surface area (TPSA) is 54.6 Å². The van der Waals surface area contributed by atoms with Crippen LogP contribution in [0, 0.1) is 0 Å². The van der Waals surface area contributed by atoms with Crippen molar-refractivity contribution in [3.8, 4) is 0 Å². The van der Waals surface area contributed by atoms with Crippen LogP contribution in [0.5, 0.6) is 0 Å². The van der Waals surface area contributed by atoms with Crippen LogP contribution in [0.3, 0.4) is 0 Å². The molecule has 3 heteroatoms. The summed E-state index contributed by atoms with van der Waals surface area (Å²) in [6, 6.07) is 5.57. The van der Waals surface area contributed by atoms with Crippen LogP contribution in [0.1, 0.15) is 11.6 Å². The van der Waals surface area contributed by atoms with Crippen LogP contribution in [0.4, 0.5) is 0 Å².